The molecule has 0 aliphatic heterocycles. The van der Waals surface area contributed by atoms with Crippen LogP contribution in [-0.4, -0.2) is 20.5 Å². The molecule has 21 heavy (non-hydrogen) atoms. The van der Waals surface area contributed by atoms with Crippen molar-refractivity contribution in [3.8, 4) is 0 Å². The molecule has 0 unspecified atom stereocenters. The number of hydrogen-bond donors (Lipinski definition) is 1. The molecule has 0 saturated carbocycles. The molecule has 1 rings (SSSR count). The summed E-state index contributed by atoms with van der Waals surface area (Å²) < 4.78 is 60.3. The van der Waals surface area contributed by atoms with Gasteiger partial charge >= 0.3 is 12.1 Å². The molecule has 1 amide bonds. The minimum absolute atomic E-state index is 0.0248. The SMILES string of the molecule is Cc1c(C)c(NC(=O)C(F)(F)F)c(C)c(S(=O)(=O)Cl)c1C. The van der Waals surface area contributed by atoms with Gasteiger partial charge in [-0.25, -0.2) is 8.42 Å². The van der Waals surface area contributed by atoms with E-state index in [0.29, 0.717) is 16.7 Å². The van der Waals surface area contributed by atoms with E-state index in [9.17, 15) is 26.4 Å². The first-order valence-electron chi connectivity index (χ1n) is 5.71. The van der Waals surface area contributed by atoms with Crippen LogP contribution in [0.2, 0.25) is 0 Å². The van der Waals surface area contributed by atoms with E-state index in [1.54, 1.807) is 12.2 Å². The second kappa shape index (κ2) is 5.49. The lowest BCUT2D eigenvalue weighted by atomic mass is 9.98. The van der Waals surface area contributed by atoms with Crippen LogP contribution in [0.15, 0.2) is 4.90 Å². The highest BCUT2D eigenvalue weighted by Crippen LogP contribution is 2.35. The standard InChI is InChI=1S/C12H13ClF3NO3S/c1-5-6(2)9(17-11(18)12(14,15)16)8(4)10(7(5)3)21(13,19)20/h1-4H3,(H,17,18). The van der Waals surface area contributed by atoms with E-state index in [-0.39, 0.29) is 16.1 Å². The molecule has 1 N–H and O–H groups in total. The van der Waals surface area contributed by atoms with E-state index in [0.717, 1.165) is 0 Å². The van der Waals surface area contributed by atoms with Crippen LogP contribution >= 0.6 is 10.7 Å². The number of benzene rings is 1. The van der Waals surface area contributed by atoms with Gasteiger partial charge in [-0.3, -0.25) is 4.79 Å². The molecular formula is C12H13ClF3NO3S. The second-order valence-corrected chi connectivity index (χ2v) is 7.10. The summed E-state index contributed by atoms with van der Waals surface area (Å²) >= 11 is 0. The van der Waals surface area contributed by atoms with Crippen molar-refractivity contribution in [2.45, 2.75) is 38.8 Å². The molecule has 4 nitrogen and oxygen atoms in total. The fourth-order valence-corrected chi connectivity index (χ4v) is 3.73. The van der Waals surface area contributed by atoms with Crippen LogP contribution in [0, 0.1) is 27.7 Å². The summed E-state index contributed by atoms with van der Waals surface area (Å²) in [6.07, 6.45) is -5.07. The number of hydrogen-bond acceptors (Lipinski definition) is 3. The molecule has 0 atom stereocenters. The summed E-state index contributed by atoms with van der Waals surface area (Å²) in [6.45, 7) is 5.82. The molecule has 0 aliphatic carbocycles. The van der Waals surface area contributed by atoms with E-state index < -0.39 is 21.1 Å². The fraction of sp³-hybridized carbons (Fsp3) is 0.417. The monoisotopic (exact) mass is 343 g/mol. The number of carbonyl (C=O) groups is 1. The van der Waals surface area contributed by atoms with Gasteiger partial charge in [-0.15, -0.1) is 0 Å². The highest BCUT2D eigenvalue weighted by atomic mass is 35.7. The zero-order valence-corrected chi connectivity index (χ0v) is 13.2. The van der Waals surface area contributed by atoms with Gasteiger partial charge < -0.3 is 5.32 Å². The zero-order valence-electron chi connectivity index (χ0n) is 11.6. The normalized spacial score (nSPS) is 12.4. The minimum Gasteiger partial charge on any atom is -0.318 e. The Bertz CT molecular complexity index is 712. The lowest BCUT2D eigenvalue weighted by Crippen LogP contribution is -2.31. The predicted molar refractivity (Wildman–Crippen MR) is 73.1 cm³/mol. The molecule has 1 aromatic rings. The largest absolute Gasteiger partial charge is 0.471 e. The molecule has 0 spiro atoms. The third-order valence-electron chi connectivity index (χ3n) is 3.30. The van der Waals surface area contributed by atoms with Crippen LogP contribution < -0.4 is 5.32 Å². The number of carbonyl (C=O) groups excluding carboxylic acids is 1. The molecule has 0 bridgehead atoms. The Morgan fingerprint density at radius 3 is 1.86 bits per heavy atom. The van der Waals surface area contributed by atoms with Crippen molar-refractivity contribution in [1.29, 1.82) is 0 Å². The van der Waals surface area contributed by atoms with Gasteiger partial charge in [0.2, 0.25) is 0 Å². The maximum atomic E-state index is 12.4. The Morgan fingerprint density at radius 2 is 1.48 bits per heavy atom. The number of anilines is 1. The van der Waals surface area contributed by atoms with Gasteiger partial charge in [-0.05, 0) is 49.9 Å². The minimum atomic E-state index is -5.07. The van der Waals surface area contributed by atoms with Crippen LogP contribution in [0.5, 0.6) is 0 Å². The van der Waals surface area contributed by atoms with Crippen molar-refractivity contribution in [3.05, 3.63) is 22.3 Å². The van der Waals surface area contributed by atoms with Crippen molar-refractivity contribution < 1.29 is 26.4 Å². The fourth-order valence-electron chi connectivity index (χ4n) is 2.05. The van der Waals surface area contributed by atoms with Crippen molar-refractivity contribution >= 4 is 31.3 Å². The van der Waals surface area contributed by atoms with Gasteiger partial charge in [0, 0.05) is 16.4 Å². The van der Waals surface area contributed by atoms with Crippen LogP contribution in [0.1, 0.15) is 22.3 Å². The van der Waals surface area contributed by atoms with Crippen molar-refractivity contribution in [1.82, 2.24) is 0 Å². The number of halogens is 4. The highest BCUT2D eigenvalue weighted by molar-refractivity contribution is 8.13. The highest BCUT2D eigenvalue weighted by Gasteiger charge is 2.39. The molecule has 0 saturated heterocycles. The molecule has 1 aromatic carbocycles. The molecule has 0 aromatic heterocycles. The van der Waals surface area contributed by atoms with Crippen LogP contribution in [0.4, 0.5) is 18.9 Å². The van der Waals surface area contributed by atoms with Crippen LogP contribution in [0.25, 0.3) is 0 Å². The van der Waals surface area contributed by atoms with Crippen LogP contribution in [0.3, 0.4) is 0 Å². The van der Waals surface area contributed by atoms with Gasteiger partial charge in [0.05, 0.1) is 4.90 Å². The van der Waals surface area contributed by atoms with E-state index >= 15 is 0 Å². The second-order valence-electron chi connectivity index (χ2n) is 4.59. The number of alkyl halides is 3. The van der Waals surface area contributed by atoms with Gasteiger partial charge in [0.25, 0.3) is 9.05 Å². The topological polar surface area (TPSA) is 63.2 Å². The number of nitrogens with one attached hydrogen (secondary N) is 1. The van der Waals surface area contributed by atoms with Crippen molar-refractivity contribution in [2.24, 2.45) is 0 Å². The van der Waals surface area contributed by atoms with E-state index in [2.05, 4.69) is 0 Å². The van der Waals surface area contributed by atoms with Crippen molar-refractivity contribution in [3.63, 3.8) is 0 Å². The molecule has 0 fully saturated rings. The Hall–Kier alpha value is -1.28. The van der Waals surface area contributed by atoms with Gasteiger partial charge in [0.15, 0.2) is 0 Å². The third-order valence-corrected chi connectivity index (χ3v) is 4.86. The van der Waals surface area contributed by atoms with Gasteiger partial charge in [-0.1, -0.05) is 0 Å². The maximum Gasteiger partial charge on any atom is 0.471 e. The number of amides is 1. The summed E-state index contributed by atoms with van der Waals surface area (Å²) in [7, 11) is 1.17. The lowest BCUT2D eigenvalue weighted by Gasteiger charge is -2.19. The predicted octanol–water partition coefficient (Wildman–Crippen LogP) is 3.35. The van der Waals surface area contributed by atoms with E-state index in [4.69, 9.17) is 10.7 Å². The number of rotatable bonds is 2. The summed E-state index contributed by atoms with van der Waals surface area (Å²) in [6, 6.07) is 0. The maximum absolute atomic E-state index is 12.4. The average molecular weight is 344 g/mol. The van der Waals surface area contributed by atoms with Crippen molar-refractivity contribution in [2.75, 3.05) is 5.32 Å². The average Bonchev–Trinajstić information content (AvgIpc) is 2.28. The van der Waals surface area contributed by atoms with Gasteiger partial charge in [-0.2, -0.15) is 13.2 Å². The molecule has 0 aliphatic rings. The summed E-state index contributed by atoms with van der Waals surface area (Å²) in [4.78, 5) is 10.8. The summed E-state index contributed by atoms with van der Waals surface area (Å²) in [5.74, 6) is -2.17. The summed E-state index contributed by atoms with van der Waals surface area (Å²) in [5, 5.41) is 1.71. The Balaban J connectivity index is 3.62. The quantitative estimate of drug-likeness (QED) is 0.838. The van der Waals surface area contributed by atoms with E-state index in [1.807, 2.05) is 0 Å². The smallest absolute Gasteiger partial charge is 0.318 e. The lowest BCUT2D eigenvalue weighted by molar-refractivity contribution is -0.167. The molecule has 118 valence electrons. The first kappa shape index (κ1) is 17.8. The molecular weight excluding hydrogens is 331 g/mol. The first-order valence-corrected chi connectivity index (χ1v) is 8.02. The molecule has 0 heterocycles. The Morgan fingerprint density at radius 1 is 1.00 bits per heavy atom. The zero-order chi connectivity index (χ0) is 16.7. The Kier molecular flexibility index (Phi) is 4.65. The first-order chi connectivity index (χ1) is 9.28. The van der Waals surface area contributed by atoms with E-state index in [1.165, 1.54) is 20.8 Å². The third kappa shape index (κ3) is 3.49. The van der Waals surface area contributed by atoms with Gasteiger partial charge in [0.1, 0.15) is 0 Å². The Labute approximate surface area is 124 Å². The molecule has 9 heteroatoms. The summed E-state index contributed by atoms with van der Waals surface area (Å²) in [5.41, 5.74) is 0.914. The molecule has 0 radical (unpaired) electrons. The van der Waals surface area contributed by atoms with Crippen LogP contribution in [-0.2, 0) is 13.8 Å².